The topological polar surface area (TPSA) is 23.6 Å². The molecule has 0 spiro atoms. The third-order valence-electron chi connectivity index (χ3n) is 6.63. The van der Waals surface area contributed by atoms with E-state index in [0.29, 0.717) is 6.42 Å². The number of carbonyl (C=O) groups excluding carboxylic acids is 1. The predicted molar refractivity (Wildman–Crippen MR) is 103 cm³/mol. The van der Waals surface area contributed by atoms with Crippen LogP contribution in [0.4, 0.5) is 5.69 Å². The fourth-order valence-electron chi connectivity index (χ4n) is 5.07. The minimum atomic E-state index is 0.288. The molecule has 0 N–H and O–H groups in total. The Hall–Kier alpha value is -1.35. The van der Waals surface area contributed by atoms with Crippen LogP contribution in [0.5, 0.6) is 0 Å². The van der Waals surface area contributed by atoms with E-state index in [1.807, 2.05) is 17.0 Å². The molecule has 0 radical (unpaired) electrons. The average Bonchev–Trinajstić information content (AvgIpc) is 2.97. The van der Waals surface area contributed by atoms with Crippen LogP contribution in [0.1, 0.15) is 56.9 Å². The Balaban J connectivity index is 1.22. The molecule has 1 saturated carbocycles. The lowest BCUT2D eigenvalue weighted by Gasteiger charge is -2.35. The maximum absolute atomic E-state index is 12.3. The zero-order valence-electron chi connectivity index (χ0n) is 15.5. The highest BCUT2D eigenvalue weighted by molar-refractivity contribution is 6.01. The number of fused-ring (bicyclic) bond motifs is 1. The zero-order chi connectivity index (χ0) is 17.1. The Morgan fingerprint density at radius 3 is 2.48 bits per heavy atom. The third-order valence-corrected chi connectivity index (χ3v) is 6.63. The Kier molecular flexibility index (Phi) is 5.40. The Labute approximate surface area is 152 Å². The number of benzene rings is 1. The Morgan fingerprint density at radius 1 is 0.920 bits per heavy atom. The van der Waals surface area contributed by atoms with Crippen molar-refractivity contribution in [2.45, 2.75) is 57.8 Å². The van der Waals surface area contributed by atoms with E-state index < -0.39 is 0 Å². The summed E-state index contributed by atoms with van der Waals surface area (Å²) in [5.41, 5.74) is 2.36. The van der Waals surface area contributed by atoms with Crippen molar-refractivity contribution in [1.82, 2.24) is 4.90 Å². The van der Waals surface area contributed by atoms with Crippen molar-refractivity contribution in [1.29, 1.82) is 0 Å². The lowest BCUT2D eigenvalue weighted by atomic mass is 9.87. The molecule has 1 aromatic carbocycles. The van der Waals surface area contributed by atoms with E-state index in [2.05, 4.69) is 17.0 Å². The van der Waals surface area contributed by atoms with Crippen LogP contribution in [0.3, 0.4) is 0 Å². The summed E-state index contributed by atoms with van der Waals surface area (Å²) in [4.78, 5) is 17.0. The molecule has 2 fully saturated rings. The minimum Gasteiger partial charge on any atom is -0.312 e. The highest BCUT2D eigenvalue weighted by Crippen LogP contribution is 2.31. The molecule has 136 valence electrons. The maximum atomic E-state index is 12.3. The van der Waals surface area contributed by atoms with Gasteiger partial charge in [-0.05, 0) is 68.7 Å². The standard InChI is InChI=1S/C22H32N2O/c25-22-16-20-8-4-5-9-21(20)24(22)15-12-18-10-13-23(14-11-18)17-19-6-2-1-3-7-19/h4-5,8-9,18-19H,1-3,6-7,10-17H2. The fraction of sp³-hybridized carbons (Fsp3) is 0.682. The van der Waals surface area contributed by atoms with E-state index in [-0.39, 0.29) is 5.91 Å². The average molecular weight is 341 g/mol. The number of rotatable bonds is 5. The number of para-hydroxylation sites is 1. The van der Waals surface area contributed by atoms with E-state index in [4.69, 9.17) is 0 Å². The number of hydrogen-bond acceptors (Lipinski definition) is 2. The lowest BCUT2D eigenvalue weighted by molar-refractivity contribution is -0.117. The second-order valence-electron chi connectivity index (χ2n) is 8.39. The van der Waals surface area contributed by atoms with Crippen LogP contribution in [0.2, 0.25) is 0 Å². The molecule has 1 aliphatic carbocycles. The summed E-state index contributed by atoms with van der Waals surface area (Å²) in [5.74, 6) is 2.04. The molecule has 25 heavy (non-hydrogen) atoms. The van der Waals surface area contributed by atoms with E-state index in [1.165, 1.54) is 70.1 Å². The molecule has 0 aromatic heterocycles. The number of amides is 1. The molecule has 0 atom stereocenters. The molecule has 3 nitrogen and oxygen atoms in total. The van der Waals surface area contributed by atoms with Crippen molar-refractivity contribution in [2.75, 3.05) is 31.1 Å². The molecule has 2 heterocycles. The van der Waals surface area contributed by atoms with Gasteiger partial charge >= 0.3 is 0 Å². The zero-order valence-corrected chi connectivity index (χ0v) is 15.5. The van der Waals surface area contributed by atoms with Crippen molar-refractivity contribution >= 4 is 11.6 Å². The molecular weight excluding hydrogens is 308 g/mol. The van der Waals surface area contributed by atoms with Gasteiger partial charge in [-0.2, -0.15) is 0 Å². The predicted octanol–water partition coefficient (Wildman–Crippen LogP) is 4.26. The van der Waals surface area contributed by atoms with Crippen LogP contribution in [0, 0.1) is 11.8 Å². The summed E-state index contributed by atoms with van der Waals surface area (Å²) in [6.07, 6.45) is 11.7. The summed E-state index contributed by atoms with van der Waals surface area (Å²) in [7, 11) is 0. The second kappa shape index (κ2) is 7.90. The maximum Gasteiger partial charge on any atom is 0.231 e. The Bertz CT molecular complexity index is 585. The number of piperidine rings is 1. The van der Waals surface area contributed by atoms with Gasteiger partial charge in [0.05, 0.1) is 6.42 Å². The van der Waals surface area contributed by atoms with Gasteiger partial charge in [-0.15, -0.1) is 0 Å². The molecule has 0 unspecified atom stereocenters. The van der Waals surface area contributed by atoms with Gasteiger partial charge in [0.2, 0.25) is 5.91 Å². The summed E-state index contributed by atoms with van der Waals surface area (Å²) >= 11 is 0. The first-order valence-corrected chi connectivity index (χ1v) is 10.4. The minimum absolute atomic E-state index is 0.288. The van der Waals surface area contributed by atoms with Crippen LogP contribution in [-0.4, -0.2) is 37.0 Å². The number of anilines is 1. The van der Waals surface area contributed by atoms with Crippen LogP contribution in [0.25, 0.3) is 0 Å². The summed E-state index contributed by atoms with van der Waals surface area (Å²) < 4.78 is 0. The second-order valence-corrected chi connectivity index (χ2v) is 8.39. The number of likely N-dealkylation sites (tertiary alicyclic amines) is 1. The van der Waals surface area contributed by atoms with Gasteiger partial charge in [0.1, 0.15) is 0 Å². The van der Waals surface area contributed by atoms with Crippen molar-refractivity contribution in [3.63, 3.8) is 0 Å². The van der Waals surface area contributed by atoms with E-state index in [0.717, 1.165) is 30.5 Å². The summed E-state index contributed by atoms with van der Waals surface area (Å²) in [6.45, 7) is 4.78. The quantitative estimate of drug-likeness (QED) is 0.800. The van der Waals surface area contributed by atoms with E-state index in [9.17, 15) is 4.79 Å². The summed E-state index contributed by atoms with van der Waals surface area (Å²) in [5, 5.41) is 0. The largest absolute Gasteiger partial charge is 0.312 e. The van der Waals surface area contributed by atoms with Gasteiger partial charge in [0.15, 0.2) is 0 Å². The van der Waals surface area contributed by atoms with Gasteiger partial charge < -0.3 is 9.80 Å². The molecule has 3 heteroatoms. The monoisotopic (exact) mass is 340 g/mol. The SMILES string of the molecule is O=C1Cc2ccccc2N1CCC1CCN(CC2CCCCC2)CC1. The number of hydrogen-bond donors (Lipinski definition) is 0. The van der Waals surface area contributed by atoms with Crippen LogP contribution < -0.4 is 4.90 Å². The van der Waals surface area contributed by atoms with Crippen molar-refractivity contribution < 1.29 is 4.79 Å². The van der Waals surface area contributed by atoms with Gasteiger partial charge in [0, 0.05) is 18.8 Å². The van der Waals surface area contributed by atoms with Crippen molar-refractivity contribution in [3.8, 4) is 0 Å². The van der Waals surface area contributed by atoms with Gasteiger partial charge in [-0.3, -0.25) is 4.79 Å². The molecule has 3 aliphatic rings. The summed E-state index contributed by atoms with van der Waals surface area (Å²) in [6, 6.07) is 8.29. The Morgan fingerprint density at radius 2 is 1.68 bits per heavy atom. The molecule has 1 amide bonds. The third kappa shape index (κ3) is 4.08. The molecule has 4 rings (SSSR count). The van der Waals surface area contributed by atoms with Crippen LogP contribution in [-0.2, 0) is 11.2 Å². The highest BCUT2D eigenvalue weighted by atomic mass is 16.2. The normalized spacial score (nSPS) is 23.2. The number of nitrogens with zero attached hydrogens (tertiary/aromatic N) is 2. The smallest absolute Gasteiger partial charge is 0.231 e. The first kappa shape index (κ1) is 17.1. The highest BCUT2D eigenvalue weighted by Gasteiger charge is 2.28. The molecular formula is C22H32N2O. The van der Waals surface area contributed by atoms with Gasteiger partial charge in [-0.25, -0.2) is 0 Å². The van der Waals surface area contributed by atoms with E-state index >= 15 is 0 Å². The molecule has 2 aliphatic heterocycles. The van der Waals surface area contributed by atoms with Crippen molar-refractivity contribution in [2.24, 2.45) is 11.8 Å². The van der Waals surface area contributed by atoms with Crippen LogP contribution >= 0.6 is 0 Å². The van der Waals surface area contributed by atoms with E-state index in [1.54, 1.807) is 0 Å². The molecule has 0 bridgehead atoms. The van der Waals surface area contributed by atoms with Crippen molar-refractivity contribution in [3.05, 3.63) is 29.8 Å². The first-order chi connectivity index (χ1) is 12.3. The first-order valence-electron chi connectivity index (χ1n) is 10.4. The lowest BCUT2D eigenvalue weighted by Crippen LogP contribution is -2.38. The van der Waals surface area contributed by atoms with Crippen LogP contribution in [0.15, 0.2) is 24.3 Å². The fourth-order valence-corrected chi connectivity index (χ4v) is 5.07. The van der Waals surface area contributed by atoms with Gasteiger partial charge in [0.25, 0.3) is 0 Å². The number of carbonyl (C=O) groups is 1. The van der Waals surface area contributed by atoms with Gasteiger partial charge in [-0.1, -0.05) is 37.5 Å². The molecule has 1 saturated heterocycles. The molecule has 1 aromatic rings.